The number of fused-ring (bicyclic) bond motifs is 1. The third-order valence-electron chi connectivity index (χ3n) is 4.71. The van der Waals surface area contributed by atoms with Crippen LogP contribution in [0.25, 0.3) is 0 Å². The Kier molecular flexibility index (Phi) is 4.55. The van der Waals surface area contributed by atoms with Crippen LogP contribution in [-0.4, -0.2) is 64.0 Å². The highest BCUT2D eigenvalue weighted by Gasteiger charge is 2.27. The van der Waals surface area contributed by atoms with Crippen molar-refractivity contribution in [3.05, 3.63) is 18.2 Å². The van der Waals surface area contributed by atoms with Gasteiger partial charge in [0.15, 0.2) is 5.82 Å². The number of piperazine rings is 1. The van der Waals surface area contributed by atoms with Crippen molar-refractivity contribution in [3.63, 3.8) is 0 Å². The van der Waals surface area contributed by atoms with E-state index >= 15 is 0 Å². The maximum Gasteiger partial charge on any atom is 0.284 e. The maximum absolute atomic E-state index is 11.3. The van der Waals surface area contributed by atoms with Crippen LogP contribution in [0.15, 0.2) is 6.20 Å². The molecule has 21 heavy (non-hydrogen) atoms. The van der Waals surface area contributed by atoms with Gasteiger partial charge in [-0.1, -0.05) is 12.8 Å². The number of primary amides is 1. The molecule has 1 atom stereocenters. The molecule has 0 aliphatic carbocycles. The van der Waals surface area contributed by atoms with Gasteiger partial charge in [-0.05, 0) is 19.4 Å². The van der Waals surface area contributed by atoms with Crippen LogP contribution in [0.1, 0.15) is 36.3 Å². The highest BCUT2D eigenvalue weighted by atomic mass is 16.1. The van der Waals surface area contributed by atoms with Crippen LogP contribution in [0.4, 0.5) is 0 Å². The number of carbonyl (C=O) groups excluding carboxylic acids is 1. The zero-order valence-electron chi connectivity index (χ0n) is 12.5. The minimum absolute atomic E-state index is 0.308. The summed E-state index contributed by atoms with van der Waals surface area (Å²) in [5, 5.41) is 0. The van der Waals surface area contributed by atoms with Crippen molar-refractivity contribution in [2.75, 3.05) is 32.7 Å². The Bertz CT molecular complexity index is 486. The second-order valence-electron chi connectivity index (χ2n) is 6.09. The fourth-order valence-corrected chi connectivity index (χ4v) is 3.50. The second kappa shape index (κ2) is 6.58. The summed E-state index contributed by atoms with van der Waals surface area (Å²) in [6, 6.07) is 0.714. The normalized spacial score (nSPS) is 24.5. The predicted octanol–water partition coefficient (Wildman–Crippen LogP) is 0.342. The molecule has 2 fully saturated rings. The number of nitrogens with zero attached hydrogens (tertiary/aromatic N) is 4. The number of carbonyl (C=O) groups is 1. The SMILES string of the molecule is NC(=O)c1n[c]cn1CCN1CCN2CCCCCC2C1. The number of nitrogens with two attached hydrogens (primary N) is 1. The van der Waals surface area contributed by atoms with Crippen molar-refractivity contribution in [2.45, 2.75) is 38.3 Å². The van der Waals surface area contributed by atoms with Gasteiger partial charge in [-0.2, -0.15) is 0 Å². The van der Waals surface area contributed by atoms with Gasteiger partial charge in [0.1, 0.15) is 6.20 Å². The first kappa shape index (κ1) is 14.5. The van der Waals surface area contributed by atoms with E-state index in [9.17, 15) is 4.79 Å². The van der Waals surface area contributed by atoms with Crippen molar-refractivity contribution >= 4 is 5.91 Å². The van der Waals surface area contributed by atoms with Gasteiger partial charge < -0.3 is 10.3 Å². The third-order valence-corrected chi connectivity index (χ3v) is 4.71. The fourth-order valence-electron chi connectivity index (χ4n) is 3.50. The van der Waals surface area contributed by atoms with Crippen LogP contribution in [0.2, 0.25) is 0 Å². The van der Waals surface area contributed by atoms with Crippen LogP contribution >= 0.6 is 0 Å². The molecule has 1 amide bonds. The van der Waals surface area contributed by atoms with Crippen molar-refractivity contribution in [1.82, 2.24) is 19.4 Å². The minimum atomic E-state index is -0.482. The van der Waals surface area contributed by atoms with Crippen molar-refractivity contribution in [2.24, 2.45) is 5.73 Å². The molecule has 2 aliphatic heterocycles. The van der Waals surface area contributed by atoms with E-state index in [1.165, 1.54) is 38.8 Å². The average Bonchev–Trinajstić information content (AvgIpc) is 2.83. The van der Waals surface area contributed by atoms with E-state index in [0.717, 1.165) is 26.2 Å². The smallest absolute Gasteiger partial charge is 0.284 e. The molecule has 1 aromatic rings. The van der Waals surface area contributed by atoms with Gasteiger partial charge in [0.2, 0.25) is 0 Å². The molecule has 3 heterocycles. The lowest BCUT2D eigenvalue weighted by Crippen LogP contribution is -2.53. The van der Waals surface area contributed by atoms with Crippen LogP contribution in [-0.2, 0) is 6.54 Å². The lowest BCUT2D eigenvalue weighted by Gasteiger charge is -2.40. The van der Waals surface area contributed by atoms with Crippen LogP contribution in [0.3, 0.4) is 0 Å². The lowest BCUT2D eigenvalue weighted by molar-refractivity contribution is 0.0739. The third kappa shape index (κ3) is 3.44. The van der Waals surface area contributed by atoms with E-state index in [0.29, 0.717) is 11.9 Å². The van der Waals surface area contributed by atoms with Crippen molar-refractivity contribution in [1.29, 1.82) is 0 Å². The molecule has 115 valence electrons. The Balaban J connectivity index is 1.54. The van der Waals surface area contributed by atoms with Gasteiger partial charge in [-0.3, -0.25) is 14.6 Å². The van der Waals surface area contributed by atoms with E-state index in [1.807, 2.05) is 4.57 Å². The van der Waals surface area contributed by atoms with E-state index in [4.69, 9.17) is 5.73 Å². The van der Waals surface area contributed by atoms with Crippen LogP contribution in [0.5, 0.6) is 0 Å². The first-order chi connectivity index (χ1) is 10.2. The Morgan fingerprint density at radius 1 is 1.29 bits per heavy atom. The van der Waals surface area contributed by atoms with Gasteiger partial charge in [0.05, 0.1) is 0 Å². The monoisotopic (exact) mass is 290 g/mol. The average molecular weight is 290 g/mol. The summed E-state index contributed by atoms with van der Waals surface area (Å²) in [5.74, 6) is -0.173. The van der Waals surface area contributed by atoms with Gasteiger partial charge in [-0.25, -0.2) is 4.98 Å². The summed E-state index contributed by atoms with van der Waals surface area (Å²) in [6.45, 7) is 6.38. The molecule has 1 aromatic heterocycles. The molecular weight excluding hydrogens is 266 g/mol. The van der Waals surface area contributed by atoms with Crippen LogP contribution in [0, 0.1) is 6.20 Å². The molecule has 0 bridgehead atoms. The molecule has 2 N–H and O–H groups in total. The summed E-state index contributed by atoms with van der Waals surface area (Å²) >= 11 is 0. The Morgan fingerprint density at radius 2 is 2.19 bits per heavy atom. The molecule has 1 unspecified atom stereocenters. The molecule has 6 heteroatoms. The van der Waals surface area contributed by atoms with Gasteiger partial charge in [-0.15, -0.1) is 0 Å². The first-order valence-corrected chi connectivity index (χ1v) is 7.93. The number of hydrogen-bond donors (Lipinski definition) is 1. The Labute approximate surface area is 125 Å². The minimum Gasteiger partial charge on any atom is -0.363 e. The van der Waals surface area contributed by atoms with Gasteiger partial charge in [0, 0.05) is 45.0 Å². The highest BCUT2D eigenvalue weighted by molar-refractivity contribution is 5.89. The molecule has 3 rings (SSSR count). The number of amides is 1. The van der Waals surface area contributed by atoms with E-state index < -0.39 is 5.91 Å². The molecule has 0 aromatic carbocycles. The predicted molar refractivity (Wildman–Crippen MR) is 79.8 cm³/mol. The summed E-state index contributed by atoms with van der Waals surface area (Å²) < 4.78 is 1.81. The molecule has 1 radical (unpaired) electrons. The fraction of sp³-hybridized carbons (Fsp3) is 0.733. The zero-order chi connectivity index (χ0) is 14.7. The van der Waals surface area contributed by atoms with E-state index in [1.54, 1.807) is 6.20 Å². The van der Waals surface area contributed by atoms with Crippen molar-refractivity contribution < 1.29 is 4.79 Å². The molecule has 0 spiro atoms. The van der Waals surface area contributed by atoms with E-state index in [-0.39, 0.29) is 0 Å². The molecule has 0 saturated carbocycles. The first-order valence-electron chi connectivity index (χ1n) is 7.93. The highest BCUT2D eigenvalue weighted by Crippen LogP contribution is 2.20. The Hall–Kier alpha value is -1.40. The summed E-state index contributed by atoms with van der Waals surface area (Å²) in [7, 11) is 0. The standard InChI is InChI=1S/C15H24N5O/c16-14(21)15-17-5-7-20(15)11-9-18-8-10-19-6-3-1-2-4-13(19)12-18/h7,13H,1-4,6,8-12H2,(H2,16,21). The largest absolute Gasteiger partial charge is 0.363 e. The zero-order valence-corrected chi connectivity index (χ0v) is 12.5. The number of aromatic nitrogens is 2. The van der Waals surface area contributed by atoms with Gasteiger partial charge in [0.25, 0.3) is 5.91 Å². The van der Waals surface area contributed by atoms with Crippen molar-refractivity contribution in [3.8, 4) is 0 Å². The topological polar surface area (TPSA) is 67.4 Å². The number of rotatable bonds is 4. The molecule has 2 aliphatic rings. The summed E-state index contributed by atoms with van der Waals surface area (Å²) in [4.78, 5) is 20.3. The second-order valence-corrected chi connectivity index (χ2v) is 6.09. The molecule has 6 nitrogen and oxygen atoms in total. The van der Waals surface area contributed by atoms with E-state index in [2.05, 4.69) is 21.0 Å². The quantitative estimate of drug-likeness (QED) is 0.868. The summed E-state index contributed by atoms with van der Waals surface area (Å²) in [5.41, 5.74) is 5.31. The Morgan fingerprint density at radius 3 is 3.05 bits per heavy atom. The lowest BCUT2D eigenvalue weighted by atomic mass is 10.1. The van der Waals surface area contributed by atoms with Gasteiger partial charge >= 0.3 is 0 Å². The van der Waals surface area contributed by atoms with Crippen LogP contribution < -0.4 is 5.73 Å². The molecule has 2 saturated heterocycles. The number of hydrogen-bond acceptors (Lipinski definition) is 4. The summed E-state index contributed by atoms with van der Waals surface area (Å²) in [6.07, 6.45) is 9.82. The maximum atomic E-state index is 11.3. The molecular formula is C15H24N5O. The number of imidazole rings is 1.